The van der Waals surface area contributed by atoms with Crippen LogP contribution >= 0.6 is 11.6 Å². The SMILES string of the molecule is Cc1ccc(S(=O)(=O)C23CCN(C(=O)C4(F)CCC(C(=O)O)CC4)C2CCc2cc(C(F)(C(F)(F)F)C(F)(F)F)ccc23)cc1Cl. The van der Waals surface area contributed by atoms with Gasteiger partial charge in [0, 0.05) is 17.1 Å². The van der Waals surface area contributed by atoms with Crippen molar-refractivity contribution in [3.8, 4) is 0 Å². The predicted molar refractivity (Wildman–Crippen MR) is 148 cm³/mol. The van der Waals surface area contributed by atoms with Gasteiger partial charge in [-0.25, -0.2) is 17.2 Å². The zero-order valence-corrected chi connectivity index (χ0v) is 25.7. The fraction of sp³-hybridized carbons (Fsp3) is 0.533. The molecule has 1 heterocycles. The maximum absolute atomic E-state index is 16.2. The van der Waals surface area contributed by atoms with Crippen LogP contribution < -0.4 is 0 Å². The number of aliphatic carboxylic acids is 1. The summed E-state index contributed by atoms with van der Waals surface area (Å²) in [4.78, 5) is 25.8. The first-order valence-electron chi connectivity index (χ1n) is 14.3. The van der Waals surface area contributed by atoms with E-state index in [2.05, 4.69) is 0 Å². The number of amides is 1. The first kappa shape index (κ1) is 34.4. The van der Waals surface area contributed by atoms with Crippen LogP contribution in [0.1, 0.15) is 60.8 Å². The van der Waals surface area contributed by atoms with Crippen molar-refractivity contribution >= 4 is 33.3 Å². The van der Waals surface area contributed by atoms with Crippen molar-refractivity contribution in [1.82, 2.24) is 4.90 Å². The summed E-state index contributed by atoms with van der Waals surface area (Å²) < 4.78 is 140. The van der Waals surface area contributed by atoms with Gasteiger partial charge >= 0.3 is 24.0 Å². The van der Waals surface area contributed by atoms with Crippen molar-refractivity contribution in [2.75, 3.05) is 6.54 Å². The van der Waals surface area contributed by atoms with Crippen molar-refractivity contribution < 1.29 is 58.2 Å². The molecule has 2 aromatic carbocycles. The maximum Gasteiger partial charge on any atom is 0.435 e. The largest absolute Gasteiger partial charge is 0.481 e. The Kier molecular flexibility index (Phi) is 8.27. The standard InChI is InChI=1S/C30H28ClF8NO5S/c1-16-2-5-20(15-22(16)31)46(44,45)27-12-13-40(25(43)26(32)10-8-17(9-11-26)24(41)42)23(27)7-3-18-14-19(4-6-21(18)27)28(33,29(34,35)36)30(37,38)39/h2,4-6,14-15,17,23H,3,7-13H2,1H3,(H,41,42). The summed E-state index contributed by atoms with van der Waals surface area (Å²) in [6, 6.07) is 3.76. The average Bonchev–Trinajstić information content (AvgIpc) is 3.38. The lowest BCUT2D eigenvalue weighted by Crippen LogP contribution is -2.56. The number of rotatable bonds is 5. The zero-order chi connectivity index (χ0) is 34.3. The lowest BCUT2D eigenvalue weighted by atomic mass is 9.76. The van der Waals surface area contributed by atoms with Gasteiger partial charge in [-0.1, -0.05) is 35.9 Å². The Labute approximate surface area is 263 Å². The van der Waals surface area contributed by atoms with E-state index < -0.39 is 86.9 Å². The monoisotopic (exact) mass is 701 g/mol. The molecule has 1 N–H and O–H groups in total. The highest BCUT2D eigenvalue weighted by Crippen LogP contribution is 2.57. The number of likely N-dealkylation sites (tertiary alicyclic amines) is 1. The molecule has 46 heavy (non-hydrogen) atoms. The van der Waals surface area contributed by atoms with Gasteiger partial charge in [0.05, 0.1) is 16.9 Å². The van der Waals surface area contributed by atoms with Gasteiger partial charge in [-0.15, -0.1) is 0 Å². The highest BCUT2D eigenvalue weighted by molar-refractivity contribution is 7.92. The lowest BCUT2D eigenvalue weighted by Gasteiger charge is -2.44. The summed E-state index contributed by atoms with van der Waals surface area (Å²) in [5.74, 6) is -3.08. The van der Waals surface area contributed by atoms with Crippen molar-refractivity contribution in [3.63, 3.8) is 0 Å². The zero-order valence-electron chi connectivity index (χ0n) is 24.1. The number of carboxylic acids is 1. The van der Waals surface area contributed by atoms with Gasteiger partial charge in [0.2, 0.25) is 0 Å². The van der Waals surface area contributed by atoms with Crippen LogP contribution in [0.4, 0.5) is 35.1 Å². The lowest BCUT2D eigenvalue weighted by molar-refractivity contribution is -0.348. The molecule has 16 heteroatoms. The molecule has 5 rings (SSSR count). The van der Waals surface area contributed by atoms with Crippen LogP contribution in [0.5, 0.6) is 0 Å². The molecule has 2 atom stereocenters. The number of carbonyl (C=O) groups is 2. The second-order valence-corrected chi connectivity index (χ2v) is 14.8. The van der Waals surface area contributed by atoms with Crippen molar-refractivity contribution in [2.24, 2.45) is 5.92 Å². The topological polar surface area (TPSA) is 91.8 Å². The summed E-state index contributed by atoms with van der Waals surface area (Å²) in [7, 11) is -4.67. The van der Waals surface area contributed by atoms with E-state index >= 15 is 8.78 Å². The summed E-state index contributed by atoms with van der Waals surface area (Å²) in [6.07, 6.45) is -15.0. The van der Waals surface area contributed by atoms with Crippen LogP contribution in [-0.2, 0) is 36.3 Å². The molecule has 0 spiro atoms. The van der Waals surface area contributed by atoms with E-state index in [1.807, 2.05) is 0 Å². The Hall–Kier alpha value is -2.94. The maximum atomic E-state index is 16.2. The van der Waals surface area contributed by atoms with E-state index in [1.54, 1.807) is 6.92 Å². The molecule has 1 saturated heterocycles. The van der Waals surface area contributed by atoms with Crippen LogP contribution in [0.15, 0.2) is 41.3 Å². The number of alkyl halides is 8. The number of hydrogen-bond acceptors (Lipinski definition) is 4. The molecular weight excluding hydrogens is 674 g/mol. The molecule has 1 aliphatic heterocycles. The molecule has 6 nitrogen and oxygen atoms in total. The van der Waals surface area contributed by atoms with Crippen LogP contribution in [0.25, 0.3) is 0 Å². The third-order valence-corrected chi connectivity index (χ3v) is 12.7. The van der Waals surface area contributed by atoms with Crippen LogP contribution in [0.2, 0.25) is 5.02 Å². The molecule has 2 aromatic rings. The van der Waals surface area contributed by atoms with E-state index in [-0.39, 0.29) is 59.3 Å². The number of carbonyl (C=O) groups excluding carboxylic acids is 1. The molecular formula is C30H28ClF8NO5S. The number of aryl methyl sites for hydroxylation is 2. The Balaban J connectivity index is 1.66. The molecule has 0 bridgehead atoms. The Morgan fingerprint density at radius 1 is 0.935 bits per heavy atom. The number of nitrogens with zero attached hydrogens (tertiary/aromatic N) is 1. The fourth-order valence-electron chi connectivity index (χ4n) is 7.22. The molecule has 2 aliphatic carbocycles. The van der Waals surface area contributed by atoms with Crippen LogP contribution in [0, 0.1) is 12.8 Å². The van der Waals surface area contributed by atoms with Gasteiger partial charge < -0.3 is 10.0 Å². The van der Waals surface area contributed by atoms with Gasteiger partial charge in [-0.2, -0.15) is 26.3 Å². The molecule has 3 aliphatic rings. The number of hydrogen-bond donors (Lipinski definition) is 1. The third-order valence-electron chi connectivity index (χ3n) is 9.77. The number of benzene rings is 2. The highest BCUT2D eigenvalue weighted by Gasteiger charge is 2.74. The van der Waals surface area contributed by atoms with E-state index in [1.165, 1.54) is 12.1 Å². The van der Waals surface area contributed by atoms with Crippen molar-refractivity contribution in [2.45, 2.75) is 91.2 Å². The molecule has 252 valence electrons. The second kappa shape index (κ2) is 11.1. The molecule has 0 aromatic heterocycles. The molecule has 1 amide bonds. The van der Waals surface area contributed by atoms with Gasteiger partial charge in [-0.05, 0) is 80.7 Å². The minimum absolute atomic E-state index is 0.0433. The van der Waals surface area contributed by atoms with E-state index in [0.717, 1.165) is 11.0 Å². The van der Waals surface area contributed by atoms with Gasteiger partial charge in [0.25, 0.3) is 5.91 Å². The molecule has 2 unspecified atom stereocenters. The number of carboxylic acid groups (broad SMARTS) is 1. The first-order valence-corrected chi connectivity index (χ1v) is 16.2. The minimum Gasteiger partial charge on any atom is -0.481 e. The molecule has 1 saturated carbocycles. The van der Waals surface area contributed by atoms with Gasteiger partial charge in [0.1, 0.15) is 4.75 Å². The highest BCUT2D eigenvalue weighted by atomic mass is 35.5. The van der Waals surface area contributed by atoms with Crippen molar-refractivity contribution in [3.05, 3.63) is 63.7 Å². The normalized spacial score (nSPS) is 27.2. The van der Waals surface area contributed by atoms with E-state index in [9.17, 15) is 49.5 Å². The van der Waals surface area contributed by atoms with Crippen LogP contribution in [0.3, 0.4) is 0 Å². The van der Waals surface area contributed by atoms with Gasteiger partial charge in [-0.3, -0.25) is 9.59 Å². The first-order chi connectivity index (χ1) is 21.1. The average molecular weight is 702 g/mol. The summed E-state index contributed by atoms with van der Waals surface area (Å²) in [5, 5.41) is 9.33. The van der Waals surface area contributed by atoms with Gasteiger partial charge in [0.15, 0.2) is 15.5 Å². The second-order valence-electron chi connectivity index (χ2n) is 12.2. The van der Waals surface area contributed by atoms with Crippen molar-refractivity contribution in [1.29, 1.82) is 0 Å². The third kappa shape index (κ3) is 4.98. The van der Waals surface area contributed by atoms with E-state index in [4.69, 9.17) is 11.6 Å². The summed E-state index contributed by atoms with van der Waals surface area (Å²) in [5.41, 5.74) is -10.1. The molecule has 2 fully saturated rings. The summed E-state index contributed by atoms with van der Waals surface area (Å²) in [6.45, 7) is 1.26. The van der Waals surface area contributed by atoms with Crippen LogP contribution in [-0.4, -0.2) is 60.9 Å². The molecule has 0 radical (unpaired) electrons. The minimum atomic E-state index is -6.40. The quantitative estimate of drug-likeness (QED) is 0.335. The Morgan fingerprint density at radius 2 is 1.54 bits per heavy atom. The number of sulfone groups is 1. The Bertz CT molecular complexity index is 1670. The summed E-state index contributed by atoms with van der Waals surface area (Å²) >= 11 is 6.21. The number of fused-ring (bicyclic) bond motifs is 3. The van der Waals surface area contributed by atoms with E-state index in [0.29, 0.717) is 17.7 Å². The Morgan fingerprint density at radius 3 is 2.09 bits per heavy atom. The smallest absolute Gasteiger partial charge is 0.435 e. The number of halogens is 9. The fourth-order valence-corrected chi connectivity index (χ4v) is 9.86. The predicted octanol–water partition coefficient (Wildman–Crippen LogP) is 7.14.